The van der Waals surface area contributed by atoms with Gasteiger partial charge in [0, 0.05) is 68.3 Å². The molecule has 0 aliphatic carbocycles. The standard InChI is InChI=1S/C28H30N6O/c1-18-15-32(24-7-4-19(12-29)28-23(24)3-2-8-31-28)17-26-22-6-5-21(11-20(22)16-34(18)26)33-9-10-35-27-14-30-13-25(27)33/h2-8,11,18,25-27,30H,9-10,13-17H2,1H3/t18-,25?,26-,27?/m1/s1. The molecule has 7 rings (SSSR count). The molecular weight excluding hydrogens is 436 g/mol. The molecular formula is C28H30N6O. The smallest absolute Gasteiger partial charge is 0.101 e. The highest BCUT2D eigenvalue weighted by molar-refractivity contribution is 5.95. The van der Waals surface area contributed by atoms with Crippen molar-refractivity contribution < 1.29 is 4.74 Å². The van der Waals surface area contributed by atoms with E-state index in [-0.39, 0.29) is 0 Å². The van der Waals surface area contributed by atoms with Gasteiger partial charge in [0.25, 0.3) is 0 Å². The number of hydrogen-bond acceptors (Lipinski definition) is 7. The van der Waals surface area contributed by atoms with E-state index in [1.807, 2.05) is 12.1 Å². The molecule has 178 valence electrons. The normalized spacial score (nSPS) is 28.0. The predicted octanol–water partition coefficient (Wildman–Crippen LogP) is 3.05. The second-order valence-electron chi connectivity index (χ2n) is 10.3. The van der Waals surface area contributed by atoms with Crippen molar-refractivity contribution in [3.63, 3.8) is 0 Å². The largest absolute Gasteiger partial charge is 0.373 e. The third kappa shape index (κ3) is 3.32. The number of nitrogens with one attached hydrogen (secondary N) is 1. The Morgan fingerprint density at radius 3 is 3.00 bits per heavy atom. The van der Waals surface area contributed by atoms with Gasteiger partial charge < -0.3 is 19.9 Å². The minimum Gasteiger partial charge on any atom is -0.373 e. The number of morpholine rings is 1. The highest BCUT2D eigenvalue weighted by atomic mass is 16.5. The first-order valence-electron chi connectivity index (χ1n) is 12.7. The van der Waals surface area contributed by atoms with Crippen molar-refractivity contribution in [3.05, 3.63) is 65.4 Å². The Labute approximate surface area is 205 Å². The minimum atomic E-state index is 0.300. The molecule has 1 aromatic heterocycles. The maximum atomic E-state index is 9.55. The zero-order valence-corrected chi connectivity index (χ0v) is 20.0. The van der Waals surface area contributed by atoms with E-state index in [1.54, 1.807) is 6.20 Å². The van der Waals surface area contributed by atoms with Gasteiger partial charge in [-0.3, -0.25) is 9.88 Å². The van der Waals surface area contributed by atoms with E-state index in [4.69, 9.17) is 4.74 Å². The molecule has 4 aliphatic rings. The third-order valence-corrected chi connectivity index (χ3v) is 8.41. The molecule has 3 saturated heterocycles. The number of ether oxygens (including phenoxy) is 1. The number of nitriles is 1. The molecule has 1 N–H and O–H groups in total. The molecule has 0 amide bonds. The third-order valence-electron chi connectivity index (χ3n) is 8.41. The summed E-state index contributed by atoms with van der Waals surface area (Å²) in [6.07, 6.45) is 2.07. The maximum Gasteiger partial charge on any atom is 0.101 e. The van der Waals surface area contributed by atoms with Gasteiger partial charge in [-0.15, -0.1) is 0 Å². The van der Waals surface area contributed by atoms with Crippen LogP contribution in [0.5, 0.6) is 0 Å². The average Bonchev–Trinajstić information content (AvgIpc) is 3.52. The molecule has 0 spiro atoms. The van der Waals surface area contributed by atoms with Crippen LogP contribution in [0.1, 0.15) is 29.7 Å². The van der Waals surface area contributed by atoms with Gasteiger partial charge in [0.05, 0.1) is 35.9 Å². The van der Waals surface area contributed by atoms with Gasteiger partial charge in [-0.05, 0) is 54.4 Å². The lowest BCUT2D eigenvalue weighted by Crippen LogP contribution is -2.51. The predicted molar refractivity (Wildman–Crippen MR) is 137 cm³/mol. The van der Waals surface area contributed by atoms with Crippen molar-refractivity contribution in [1.82, 2.24) is 15.2 Å². The molecule has 2 aromatic carbocycles. The fourth-order valence-electron chi connectivity index (χ4n) is 6.72. The van der Waals surface area contributed by atoms with Crippen LogP contribution in [0, 0.1) is 11.3 Å². The number of hydrogen-bond donors (Lipinski definition) is 1. The van der Waals surface area contributed by atoms with Crippen LogP contribution in [0.15, 0.2) is 48.7 Å². The van der Waals surface area contributed by atoms with Crippen LogP contribution in [0.2, 0.25) is 0 Å². The van der Waals surface area contributed by atoms with Crippen molar-refractivity contribution in [3.8, 4) is 6.07 Å². The van der Waals surface area contributed by atoms with Crippen molar-refractivity contribution in [2.24, 2.45) is 0 Å². The summed E-state index contributed by atoms with van der Waals surface area (Å²) in [5.74, 6) is 0. The molecule has 5 heterocycles. The molecule has 4 atom stereocenters. The van der Waals surface area contributed by atoms with Gasteiger partial charge in [0.1, 0.15) is 6.07 Å². The molecule has 7 heteroatoms. The summed E-state index contributed by atoms with van der Waals surface area (Å²) in [5.41, 5.74) is 6.86. The van der Waals surface area contributed by atoms with Crippen molar-refractivity contribution in [1.29, 1.82) is 5.26 Å². The van der Waals surface area contributed by atoms with E-state index in [9.17, 15) is 5.26 Å². The lowest BCUT2D eigenvalue weighted by atomic mass is 9.99. The fraction of sp³-hybridized carbons (Fsp3) is 0.429. The Hall–Kier alpha value is -3.18. The number of anilines is 2. The molecule has 0 bridgehead atoms. The second-order valence-corrected chi connectivity index (χ2v) is 10.3. The van der Waals surface area contributed by atoms with E-state index >= 15 is 0 Å². The summed E-state index contributed by atoms with van der Waals surface area (Å²) in [5, 5.41) is 14.1. The van der Waals surface area contributed by atoms with E-state index in [1.165, 1.54) is 22.5 Å². The highest BCUT2D eigenvalue weighted by Crippen LogP contribution is 2.42. The summed E-state index contributed by atoms with van der Waals surface area (Å²) in [6.45, 7) is 8.96. The number of aromatic nitrogens is 1. The molecule has 7 nitrogen and oxygen atoms in total. The quantitative estimate of drug-likeness (QED) is 0.623. The maximum absolute atomic E-state index is 9.55. The van der Waals surface area contributed by atoms with Crippen molar-refractivity contribution in [2.45, 2.75) is 37.7 Å². The molecule has 0 saturated carbocycles. The van der Waals surface area contributed by atoms with Crippen molar-refractivity contribution in [2.75, 3.05) is 49.1 Å². The molecule has 35 heavy (non-hydrogen) atoms. The summed E-state index contributed by atoms with van der Waals surface area (Å²) in [6, 6.07) is 18.8. The zero-order valence-electron chi connectivity index (χ0n) is 20.0. The van der Waals surface area contributed by atoms with E-state index in [0.717, 1.165) is 56.8 Å². The first-order chi connectivity index (χ1) is 17.2. The Bertz CT molecular complexity index is 1330. The van der Waals surface area contributed by atoms with Gasteiger partial charge in [-0.25, -0.2) is 0 Å². The van der Waals surface area contributed by atoms with E-state index in [0.29, 0.717) is 29.8 Å². The molecule has 4 aliphatic heterocycles. The van der Waals surface area contributed by atoms with Gasteiger partial charge >= 0.3 is 0 Å². The highest BCUT2D eigenvalue weighted by Gasteiger charge is 2.41. The number of pyridine rings is 1. The van der Waals surface area contributed by atoms with Crippen LogP contribution in [-0.4, -0.2) is 67.4 Å². The zero-order chi connectivity index (χ0) is 23.5. The summed E-state index contributed by atoms with van der Waals surface area (Å²) in [7, 11) is 0. The minimum absolute atomic E-state index is 0.300. The van der Waals surface area contributed by atoms with Gasteiger partial charge in [-0.1, -0.05) is 6.07 Å². The van der Waals surface area contributed by atoms with Crippen LogP contribution in [0.3, 0.4) is 0 Å². The average molecular weight is 467 g/mol. The lowest BCUT2D eigenvalue weighted by molar-refractivity contribution is 0.0350. The first-order valence-corrected chi connectivity index (χ1v) is 12.7. The first kappa shape index (κ1) is 21.1. The molecule has 3 aromatic rings. The number of benzene rings is 2. The van der Waals surface area contributed by atoms with E-state index in [2.05, 4.69) is 68.3 Å². The van der Waals surface area contributed by atoms with Crippen LogP contribution in [0.25, 0.3) is 10.9 Å². The van der Waals surface area contributed by atoms with Crippen LogP contribution >= 0.6 is 0 Å². The summed E-state index contributed by atoms with van der Waals surface area (Å²) >= 11 is 0. The number of fused-ring (bicyclic) bond motifs is 5. The molecule has 2 unspecified atom stereocenters. The van der Waals surface area contributed by atoms with Crippen LogP contribution in [-0.2, 0) is 11.3 Å². The molecule has 3 fully saturated rings. The number of piperazine rings is 1. The topological polar surface area (TPSA) is 67.7 Å². The monoisotopic (exact) mass is 466 g/mol. The van der Waals surface area contributed by atoms with Crippen LogP contribution in [0.4, 0.5) is 11.4 Å². The van der Waals surface area contributed by atoms with E-state index < -0.39 is 0 Å². The Morgan fingerprint density at radius 2 is 2.09 bits per heavy atom. The second kappa shape index (κ2) is 8.20. The number of nitrogens with zero attached hydrogens (tertiary/aromatic N) is 5. The van der Waals surface area contributed by atoms with Crippen molar-refractivity contribution >= 4 is 22.3 Å². The Morgan fingerprint density at radius 1 is 1.14 bits per heavy atom. The fourth-order valence-corrected chi connectivity index (χ4v) is 6.72. The molecule has 0 radical (unpaired) electrons. The summed E-state index contributed by atoms with van der Waals surface area (Å²) < 4.78 is 6.00. The lowest BCUT2D eigenvalue weighted by Gasteiger charge is -2.44. The van der Waals surface area contributed by atoms with Gasteiger partial charge in [-0.2, -0.15) is 5.26 Å². The van der Waals surface area contributed by atoms with Gasteiger partial charge in [0.15, 0.2) is 0 Å². The summed E-state index contributed by atoms with van der Waals surface area (Å²) in [4.78, 5) is 12.2. The van der Waals surface area contributed by atoms with Gasteiger partial charge in [0.2, 0.25) is 0 Å². The van der Waals surface area contributed by atoms with Crippen LogP contribution < -0.4 is 15.1 Å². The Balaban J connectivity index is 1.20. The Kier molecular flexibility index (Phi) is 4.95. The number of rotatable bonds is 2. The SMILES string of the molecule is C[C@@H]1CN(c2ccc(C#N)c3ncccc23)C[C@@H]2c3ccc(N4CCOC5CNCC54)cc3CN12.